The number of piperidine rings is 1. The van der Waals surface area contributed by atoms with Crippen LogP contribution in [0.5, 0.6) is 0 Å². The minimum atomic E-state index is -0.156. The predicted octanol–water partition coefficient (Wildman–Crippen LogP) is 2.83. The van der Waals surface area contributed by atoms with Crippen LogP contribution in [0.4, 0.5) is 5.69 Å². The van der Waals surface area contributed by atoms with E-state index >= 15 is 0 Å². The first-order chi connectivity index (χ1) is 13.4. The number of hydrogen-bond donors (Lipinski definition) is 2. The van der Waals surface area contributed by atoms with Crippen molar-refractivity contribution in [3.63, 3.8) is 0 Å². The molecule has 0 saturated carbocycles. The highest BCUT2D eigenvalue weighted by molar-refractivity contribution is 6.33. The summed E-state index contributed by atoms with van der Waals surface area (Å²) in [5.41, 5.74) is 1.64. The number of guanidine groups is 1. The van der Waals surface area contributed by atoms with E-state index in [4.69, 9.17) is 16.3 Å². The van der Waals surface area contributed by atoms with E-state index in [0.717, 1.165) is 24.9 Å². The Morgan fingerprint density at radius 1 is 1.39 bits per heavy atom. The third-order valence-electron chi connectivity index (χ3n) is 4.59. The molecule has 0 radical (unpaired) electrons. The van der Waals surface area contributed by atoms with Crippen LogP contribution in [0.3, 0.4) is 0 Å². The standard InChI is InChI=1S/C20H29ClN4O3/c1-4-28-19(27)15-6-5-11-25(13-15)20(22-3)23-10-9-18(26)24-17-8-7-14(2)12-16(17)21/h7-8,12,15H,4-6,9-11,13H2,1-3H3,(H,22,23)(H,24,26). The molecule has 1 fully saturated rings. The number of benzene rings is 1. The maximum atomic E-state index is 12.2. The van der Waals surface area contributed by atoms with E-state index in [1.54, 1.807) is 13.1 Å². The summed E-state index contributed by atoms with van der Waals surface area (Å²) < 4.78 is 5.14. The Hall–Kier alpha value is -2.28. The fraction of sp³-hybridized carbons (Fsp3) is 0.550. The van der Waals surface area contributed by atoms with Crippen molar-refractivity contribution in [1.82, 2.24) is 10.2 Å². The predicted molar refractivity (Wildman–Crippen MR) is 112 cm³/mol. The molecule has 1 unspecified atom stereocenters. The molecule has 0 spiro atoms. The number of nitrogens with one attached hydrogen (secondary N) is 2. The summed E-state index contributed by atoms with van der Waals surface area (Å²) in [6, 6.07) is 5.51. The monoisotopic (exact) mass is 408 g/mol. The van der Waals surface area contributed by atoms with E-state index in [1.165, 1.54) is 0 Å². The second-order valence-electron chi connectivity index (χ2n) is 6.79. The molecule has 1 aliphatic heterocycles. The highest BCUT2D eigenvalue weighted by atomic mass is 35.5. The number of halogens is 1. The summed E-state index contributed by atoms with van der Waals surface area (Å²) >= 11 is 6.15. The van der Waals surface area contributed by atoms with Gasteiger partial charge in [0.15, 0.2) is 5.96 Å². The van der Waals surface area contributed by atoms with E-state index in [0.29, 0.717) is 36.4 Å². The molecule has 2 N–H and O–H groups in total. The molecule has 1 aromatic rings. The molecule has 28 heavy (non-hydrogen) atoms. The fourth-order valence-corrected chi connectivity index (χ4v) is 3.46. The molecule has 0 bridgehead atoms. The van der Waals surface area contributed by atoms with E-state index in [2.05, 4.69) is 15.6 Å². The van der Waals surface area contributed by atoms with Crippen molar-refractivity contribution in [3.8, 4) is 0 Å². The first-order valence-electron chi connectivity index (χ1n) is 9.62. The van der Waals surface area contributed by atoms with E-state index in [-0.39, 0.29) is 24.2 Å². The van der Waals surface area contributed by atoms with Gasteiger partial charge in [-0.25, -0.2) is 0 Å². The third-order valence-corrected chi connectivity index (χ3v) is 4.90. The van der Waals surface area contributed by atoms with Crippen LogP contribution in [0.2, 0.25) is 5.02 Å². The number of nitrogens with zero attached hydrogens (tertiary/aromatic N) is 2. The van der Waals surface area contributed by atoms with Crippen molar-refractivity contribution < 1.29 is 14.3 Å². The Morgan fingerprint density at radius 2 is 2.18 bits per heavy atom. The smallest absolute Gasteiger partial charge is 0.310 e. The van der Waals surface area contributed by atoms with E-state index < -0.39 is 0 Å². The molecule has 1 aromatic carbocycles. The van der Waals surface area contributed by atoms with Crippen LogP contribution >= 0.6 is 11.6 Å². The van der Waals surface area contributed by atoms with Gasteiger partial charge in [0, 0.05) is 33.1 Å². The number of esters is 1. The number of amides is 1. The van der Waals surface area contributed by atoms with Crippen LogP contribution in [0, 0.1) is 12.8 Å². The van der Waals surface area contributed by atoms with Crippen molar-refractivity contribution in [1.29, 1.82) is 0 Å². The number of ether oxygens (including phenoxy) is 1. The van der Waals surface area contributed by atoms with Crippen LogP contribution in [0.25, 0.3) is 0 Å². The number of carbonyl (C=O) groups is 2. The Bertz CT molecular complexity index is 723. The largest absolute Gasteiger partial charge is 0.466 e. The van der Waals surface area contributed by atoms with Crippen molar-refractivity contribution in [3.05, 3.63) is 28.8 Å². The number of likely N-dealkylation sites (tertiary alicyclic amines) is 1. The zero-order valence-corrected chi connectivity index (χ0v) is 17.5. The van der Waals surface area contributed by atoms with Gasteiger partial charge in [-0.05, 0) is 44.4 Å². The lowest BCUT2D eigenvalue weighted by Gasteiger charge is -2.33. The molecule has 1 amide bonds. The van der Waals surface area contributed by atoms with Crippen LogP contribution in [-0.4, -0.2) is 56.0 Å². The van der Waals surface area contributed by atoms with E-state index in [1.807, 2.05) is 30.9 Å². The van der Waals surface area contributed by atoms with Gasteiger partial charge in [0.1, 0.15) is 0 Å². The minimum Gasteiger partial charge on any atom is -0.466 e. The maximum Gasteiger partial charge on any atom is 0.310 e. The van der Waals surface area contributed by atoms with Gasteiger partial charge in [-0.3, -0.25) is 14.6 Å². The number of anilines is 1. The number of hydrogen-bond acceptors (Lipinski definition) is 4. The Kier molecular flexibility index (Phi) is 8.57. The van der Waals surface area contributed by atoms with Crippen molar-refractivity contribution in [2.45, 2.75) is 33.1 Å². The highest BCUT2D eigenvalue weighted by Gasteiger charge is 2.28. The molecule has 8 heteroatoms. The molecule has 154 valence electrons. The second-order valence-corrected chi connectivity index (χ2v) is 7.20. The summed E-state index contributed by atoms with van der Waals surface area (Å²) in [6.45, 7) is 5.98. The SMILES string of the molecule is CCOC(=O)C1CCCN(C(=NC)NCCC(=O)Nc2ccc(C)cc2Cl)C1. The van der Waals surface area contributed by atoms with Crippen LogP contribution in [-0.2, 0) is 14.3 Å². The van der Waals surface area contributed by atoms with Gasteiger partial charge < -0.3 is 20.3 Å². The fourth-order valence-electron chi connectivity index (χ4n) is 3.18. The molecule has 0 aromatic heterocycles. The van der Waals surface area contributed by atoms with Gasteiger partial charge in [-0.15, -0.1) is 0 Å². The first kappa shape index (κ1) is 22.0. The number of rotatable bonds is 6. The summed E-state index contributed by atoms with van der Waals surface area (Å²) in [6.07, 6.45) is 2.00. The minimum absolute atomic E-state index is 0.128. The number of carbonyl (C=O) groups excluding carboxylic acids is 2. The summed E-state index contributed by atoms with van der Waals surface area (Å²) in [5.74, 6) is 0.267. The summed E-state index contributed by atoms with van der Waals surface area (Å²) in [7, 11) is 1.70. The molecular formula is C20H29ClN4O3. The summed E-state index contributed by atoms with van der Waals surface area (Å²) in [4.78, 5) is 30.5. The second kappa shape index (κ2) is 10.9. The number of aliphatic imine (C=N–C) groups is 1. The molecule has 1 atom stereocenters. The lowest BCUT2D eigenvalue weighted by Crippen LogP contribution is -2.48. The molecular weight excluding hydrogens is 380 g/mol. The highest BCUT2D eigenvalue weighted by Crippen LogP contribution is 2.22. The van der Waals surface area contributed by atoms with Crippen LogP contribution in [0.15, 0.2) is 23.2 Å². The van der Waals surface area contributed by atoms with Crippen molar-refractivity contribution >= 4 is 35.1 Å². The van der Waals surface area contributed by atoms with Gasteiger partial charge in [-0.2, -0.15) is 0 Å². The Balaban J connectivity index is 1.81. The molecule has 7 nitrogen and oxygen atoms in total. The molecule has 2 rings (SSSR count). The number of aryl methyl sites for hydroxylation is 1. The van der Waals surface area contributed by atoms with Gasteiger partial charge in [0.2, 0.25) is 5.91 Å². The Labute approximate surface area is 171 Å². The average Bonchev–Trinajstić information content (AvgIpc) is 2.68. The quantitative estimate of drug-likeness (QED) is 0.429. The first-order valence-corrected chi connectivity index (χ1v) is 10.0. The van der Waals surface area contributed by atoms with Crippen molar-refractivity contribution in [2.24, 2.45) is 10.9 Å². The maximum absolute atomic E-state index is 12.2. The topological polar surface area (TPSA) is 83.0 Å². The average molecular weight is 409 g/mol. The van der Waals surface area contributed by atoms with Gasteiger partial charge in [-0.1, -0.05) is 17.7 Å². The molecule has 1 saturated heterocycles. The zero-order chi connectivity index (χ0) is 20.5. The molecule has 1 heterocycles. The lowest BCUT2D eigenvalue weighted by atomic mass is 9.98. The van der Waals surface area contributed by atoms with Gasteiger partial charge >= 0.3 is 5.97 Å². The molecule has 0 aliphatic carbocycles. The molecule has 1 aliphatic rings. The zero-order valence-electron chi connectivity index (χ0n) is 16.8. The van der Waals surface area contributed by atoms with Gasteiger partial charge in [0.25, 0.3) is 0 Å². The van der Waals surface area contributed by atoms with Gasteiger partial charge in [0.05, 0.1) is 23.2 Å². The van der Waals surface area contributed by atoms with E-state index in [9.17, 15) is 9.59 Å². The van der Waals surface area contributed by atoms with Crippen LogP contribution < -0.4 is 10.6 Å². The summed E-state index contributed by atoms with van der Waals surface area (Å²) in [5, 5.41) is 6.54. The Morgan fingerprint density at radius 3 is 2.86 bits per heavy atom. The third kappa shape index (κ3) is 6.41. The van der Waals surface area contributed by atoms with Crippen LogP contribution in [0.1, 0.15) is 31.7 Å². The van der Waals surface area contributed by atoms with Crippen molar-refractivity contribution in [2.75, 3.05) is 38.6 Å². The lowest BCUT2D eigenvalue weighted by molar-refractivity contribution is -0.149. The normalized spacial score (nSPS) is 17.2.